The first-order valence-corrected chi connectivity index (χ1v) is 10.1. The molecule has 2 atom stereocenters. The van der Waals surface area contributed by atoms with E-state index in [1.165, 1.54) is 5.56 Å². The number of benzene rings is 2. The van der Waals surface area contributed by atoms with Crippen molar-refractivity contribution < 1.29 is 19.1 Å². The van der Waals surface area contributed by atoms with Crippen molar-refractivity contribution in [2.75, 3.05) is 20.3 Å². The van der Waals surface area contributed by atoms with Crippen LogP contribution in [-0.4, -0.2) is 49.1 Å². The number of hydrogen-bond acceptors (Lipinski definition) is 4. The lowest BCUT2D eigenvalue weighted by Crippen LogP contribution is -2.55. The lowest BCUT2D eigenvalue weighted by molar-refractivity contribution is -0.165. The van der Waals surface area contributed by atoms with Gasteiger partial charge in [-0.05, 0) is 42.5 Å². The molecule has 2 aromatic carbocycles. The molecule has 0 radical (unpaired) electrons. The van der Waals surface area contributed by atoms with Gasteiger partial charge >= 0.3 is 0 Å². The molecule has 2 aliphatic rings. The van der Waals surface area contributed by atoms with Gasteiger partial charge in [0, 0.05) is 12.6 Å². The normalized spacial score (nSPS) is 21.7. The van der Waals surface area contributed by atoms with E-state index >= 15 is 0 Å². The second-order valence-corrected chi connectivity index (χ2v) is 7.51. The van der Waals surface area contributed by atoms with Crippen molar-refractivity contribution in [1.82, 2.24) is 10.2 Å². The Bertz CT molecular complexity index is 849. The van der Waals surface area contributed by atoms with E-state index in [1.807, 2.05) is 59.5 Å². The first-order valence-electron chi connectivity index (χ1n) is 10.1. The second-order valence-electron chi connectivity index (χ2n) is 7.51. The van der Waals surface area contributed by atoms with Gasteiger partial charge in [-0.15, -0.1) is 0 Å². The molecule has 152 valence electrons. The number of methoxy groups -OCH3 is 1. The van der Waals surface area contributed by atoms with Gasteiger partial charge in [0.2, 0.25) is 5.91 Å². The Morgan fingerprint density at radius 2 is 1.86 bits per heavy atom. The average Bonchev–Trinajstić information content (AvgIpc) is 3.59. The summed E-state index contributed by atoms with van der Waals surface area (Å²) in [6.45, 7) is 0.468. The fraction of sp³-hybridized carbons (Fsp3) is 0.391. The molecule has 0 aromatic heterocycles. The summed E-state index contributed by atoms with van der Waals surface area (Å²) in [6.07, 6.45) is 1.97. The van der Waals surface area contributed by atoms with Crippen molar-refractivity contribution in [2.24, 2.45) is 0 Å². The standard InChI is InChI=1S/C23H26N2O4/c1-28-19-11-7-17(8-12-19)21-22(29-15-20(26)25(21)18-9-10-18)23(27)24-14-13-16-5-3-2-4-6-16/h2-8,11-12,18,21-22H,9-10,13-15H2,1H3,(H,24,27)/t21-,22+/m1/s1. The summed E-state index contributed by atoms with van der Waals surface area (Å²) in [6, 6.07) is 17.3. The molecule has 1 aliphatic carbocycles. The summed E-state index contributed by atoms with van der Waals surface area (Å²) >= 11 is 0. The highest BCUT2D eigenvalue weighted by Gasteiger charge is 2.47. The molecule has 0 bridgehead atoms. The third-order valence-corrected chi connectivity index (χ3v) is 5.47. The van der Waals surface area contributed by atoms with Gasteiger partial charge in [-0.25, -0.2) is 0 Å². The Balaban J connectivity index is 1.50. The van der Waals surface area contributed by atoms with E-state index in [9.17, 15) is 9.59 Å². The third kappa shape index (κ3) is 4.43. The fourth-order valence-corrected chi connectivity index (χ4v) is 3.84. The first-order chi connectivity index (χ1) is 14.2. The van der Waals surface area contributed by atoms with Crippen LogP contribution in [0.25, 0.3) is 0 Å². The maximum atomic E-state index is 13.0. The van der Waals surface area contributed by atoms with Crippen molar-refractivity contribution in [3.8, 4) is 5.75 Å². The summed E-state index contributed by atoms with van der Waals surface area (Å²) in [4.78, 5) is 27.4. The Morgan fingerprint density at radius 3 is 2.52 bits per heavy atom. The number of rotatable bonds is 7. The Labute approximate surface area is 170 Å². The van der Waals surface area contributed by atoms with Gasteiger partial charge in [0.25, 0.3) is 5.91 Å². The van der Waals surface area contributed by atoms with Crippen LogP contribution in [-0.2, 0) is 20.7 Å². The molecule has 29 heavy (non-hydrogen) atoms. The van der Waals surface area contributed by atoms with Crippen LogP contribution in [0.15, 0.2) is 54.6 Å². The summed E-state index contributed by atoms with van der Waals surface area (Å²) in [7, 11) is 1.61. The molecule has 2 amide bonds. The van der Waals surface area contributed by atoms with Crippen molar-refractivity contribution >= 4 is 11.8 Å². The number of carbonyl (C=O) groups excluding carboxylic acids is 2. The van der Waals surface area contributed by atoms with Gasteiger partial charge in [-0.1, -0.05) is 42.5 Å². The summed E-state index contributed by atoms with van der Waals surface area (Å²) in [5, 5.41) is 2.99. The van der Waals surface area contributed by atoms with Crippen molar-refractivity contribution in [1.29, 1.82) is 0 Å². The Hall–Kier alpha value is -2.86. The number of nitrogens with zero attached hydrogens (tertiary/aromatic N) is 1. The molecule has 2 fully saturated rings. The molecule has 1 heterocycles. The quantitative estimate of drug-likeness (QED) is 0.784. The zero-order valence-corrected chi connectivity index (χ0v) is 16.5. The molecule has 1 saturated carbocycles. The molecule has 1 saturated heterocycles. The Kier molecular flexibility index (Phi) is 5.81. The van der Waals surface area contributed by atoms with E-state index in [4.69, 9.17) is 9.47 Å². The van der Waals surface area contributed by atoms with Gasteiger partial charge in [-0.2, -0.15) is 0 Å². The molecule has 0 unspecified atom stereocenters. The average molecular weight is 394 g/mol. The van der Waals surface area contributed by atoms with Crippen LogP contribution in [0, 0.1) is 0 Å². The number of morpholine rings is 1. The topological polar surface area (TPSA) is 67.9 Å². The van der Waals surface area contributed by atoms with Crippen LogP contribution in [0.5, 0.6) is 5.75 Å². The highest BCUT2D eigenvalue weighted by Crippen LogP contribution is 2.39. The maximum absolute atomic E-state index is 13.0. The minimum absolute atomic E-state index is 0.0540. The van der Waals surface area contributed by atoms with Crippen LogP contribution in [0.2, 0.25) is 0 Å². The molecule has 4 rings (SSSR count). The van der Waals surface area contributed by atoms with Gasteiger partial charge in [0.1, 0.15) is 12.4 Å². The number of carbonyl (C=O) groups is 2. The predicted octanol–water partition coefficient (Wildman–Crippen LogP) is 2.49. The van der Waals surface area contributed by atoms with Crippen LogP contribution >= 0.6 is 0 Å². The lowest BCUT2D eigenvalue weighted by atomic mass is 9.96. The SMILES string of the molecule is COc1ccc([C@@H]2[C@@H](C(=O)NCCc3ccccc3)OCC(=O)N2C2CC2)cc1. The molecule has 6 heteroatoms. The summed E-state index contributed by atoms with van der Waals surface area (Å²) < 4.78 is 11.0. The predicted molar refractivity (Wildman–Crippen MR) is 108 cm³/mol. The smallest absolute Gasteiger partial charge is 0.251 e. The zero-order chi connectivity index (χ0) is 20.2. The van der Waals surface area contributed by atoms with E-state index in [-0.39, 0.29) is 24.5 Å². The monoisotopic (exact) mass is 394 g/mol. The van der Waals surface area contributed by atoms with Gasteiger partial charge in [0.05, 0.1) is 13.2 Å². The van der Waals surface area contributed by atoms with Gasteiger partial charge < -0.3 is 19.7 Å². The zero-order valence-electron chi connectivity index (χ0n) is 16.5. The van der Waals surface area contributed by atoms with Crippen LogP contribution in [0.4, 0.5) is 0 Å². The highest BCUT2D eigenvalue weighted by atomic mass is 16.5. The van der Waals surface area contributed by atoms with Gasteiger partial charge in [-0.3, -0.25) is 9.59 Å². The summed E-state index contributed by atoms with van der Waals surface area (Å²) in [5.41, 5.74) is 2.05. The molecule has 2 aromatic rings. The Morgan fingerprint density at radius 1 is 1.14 bits per heavy atom. The van der Waals surface area contributed by atoms with Crippen molar-refractivity contribution in [3.63, 3.8) is 0 Å². The van der Waals surface area contributed by atoms with Crippen molar-refractivity contribution in [2.45, 2.75) is 37.5 Å². The van der Waals surface area contributed by atoms with E-state index in [1.54, 1.807) is 7.11 Å². The molecule has 6 nitrogen and oxygen atoms in total. The number of hydrogen-bond donors (Lipinski definition) is 1. The molecule has 0 spiro atoms. The first kappa shape index (κ1) is 19.5. The van der Waals surface area contributed by atoms with E-state index in [0.717, 1.165) is 30.6 Å². The van der Waals surface area contributed by atoms with E-state index in [2.05, 4.69) is 5.32 Å². The number of nitrogens with one attached hydrogen (secondary N) is 1. The van der Waals surface area contributed by atoms with Gasteiger partial charge in [0.15, 0.2) is 6.10 Å². The van der Waals surface area contributed by atoms with E-state index < -0.39 is 12.1 Å². The van der Waals surface area contributed by atoms with Crippen LogP contribution in [0.3, 0.4) is 0 Å². The largest absolute Gasteiger partial charge is 0.497 e. The van der Waals surface area contributed by atoms with Crippen molar-refractivity contribution in [3.05, 3.63) is 65.7 Å². The third-order valence-electron chi connectivity index (χ3n) is 5.47. The fourth-order valence-electron chi connectivity index (χ4n) is 3.84. The van der Waals surface area contributed by atoms with E-state index in [0.29, 0.717) is 6.54 Å². The molecule has 1 N–H and O–H groups in total. The maximum Gasteiger partial charge on any atom is 0.251 e. The molecule has 1 aliphatic heterocycles. The van der Waals surface area contributed by atoms with Crippen LogP contribution in [0.1, 0.15) is 30.0 Å². The minimum atomic E-state index is -0.725. The second kappa shape index (κ2) is 8.66. The summed E-state index contributed by atoms with van der Waals surface area (Å²) in [5.74, 6) is 0.500. The molecular formula is C23H26N2O4. The van der Waals surface area contributed by atoms with Crippen LogP contribution < -0.4 is 10.1 Å². The number of ether oxygens (including phenoxy) is 2. The lowest BCUT2D eigenvalue weighted by Gasteiger charge is -2.40. The minimum Gasteiger partial charge on any atom is -0.497 e. The molecular weight excluding hydrogens is 368 g/mol. The highest BCUT2D eigenvalue weighted by molar-refractivity contribution is 5.86. The number of amides is 2.